The van der Waals surface area contributed by atoms with Crippen molar-refractivity contribution in [3.63, 3.8) is 0 Å². The quantitative estimate of drug-likeness (QED) is 0.624. The van der Waals surface area contributed by atoms with E-state index in [0.29, 0.717) is 13.1 Å². The Kier molecular flexibility index (Phi) is 3.33. The molecular weight excluding hydrogens is 208 g/mol. The molecule has 1 atom stereocenters. The largest absolute Gasteiger partial charge is 0.465 e. The second-order valence-electron chi connectivity index (χ2n) is 3.47. The summed E-state index contributed by atoms with van der Waals surface area (Å²) in [6.45, 7) is 1.16. The van der Waals surface area contributed by atoms with E-state index in [4.69, 9.17) is 5.11 Å². The van der Waals surface area contributed by atoms with Gasteiger partial charge in [-0.1, -0.05) is 0 Å². The molecule has 0 bridgehead atoms. The van der Waals surface area contributed by atoms with Gasteiger partial charge in [0.1, 0.15) is 9.84 Å². The third kappa shape index (κ3) is 3.51. The molecule has 0 radical (unpaired) electrons. The van der Waals surface area contributed by atoms with Crippen LogP contribution in [0.1, 0.15) is 0 Å². The van der Waals surface area contributed by atoms with Gasteiger partial charge in [0.25, 0.3) is 0 Å². The average molecular weight is 222 g/mol. The molecule has 1 saturated heterocycles. The Bertz CT molecular complexity index is 314. The molecule has 1 amide bonds. The summed E-state index contributed by atoms with van der Waals surface area (Å²) in [6, 6.07) is -0.283. The van der Waals surface area contributed by atoms with Crippen LogP contribution in [0.3, 0.4) is 0 Å². The summed E-state index contributed by atoms with van der Waals surface area (Å²) in [5.41, 5.74) is 0. The van der Waals surface area contributed by atoms with Crippen molar-refractivity contribution in [1.82, 2.24) is 10.2 Å². The Morgan fingerprint density at radius 2 is 2.29 bits per heavy atom. The molecule has 1 aliphatic rings. The van der Waals surface area contributed by atoms with Crippen molar-refractivity contribution in [2.24, 2.45) is 0 Å². The van der Waals surface area contributed by atoms with Gasteiger partial charge in [-0.15, -0.1) is 0 Å². The molecule has 6 nitrogen and oxygen atoms in total. The fourth-order valence-corrected chi connectivity index (χ4v) is 2.43. The van der Waals surface area contributed by atoms with E-state index in [1.807, 2.05) is 0 Å². The van der Waals surface area contributed by atoms with Gasteiger partial charge in [0.15, 0.2) is 0 Å². The van der Waals surface area contributed by atoms with Crippen LogP contribution in [0.5, 0.6) is 0 Å². The molecule has 1 heterocycles. The first-order valence-electron chi connectivity index (χ1n) is 4.27. The maximum atomic E-state index is 11.0. The van der Waals surface area contributed by atoms with Crippen LogP contribution in [0.25, 0.3) is 0 Å². The highest BCUT2D eigenvalue weighted by atomic mass is 32.2. The first-order valence-corrected chi connectivity index (χ1v) is 6.33. The molecular formula is C7H14N2O4S. The van der Waals surface area contributed by atoms with Crippen LogP contribution in [0.4, 0.5) is 4.79 Å². The minimum atomic E-state index is -3.05. The molecule has 2 N–H and O–H groups in total. The van der Waals surface area contributed by atoms with E-state index >= 15 is 0 Å². The average Bonchev–Trinajstić information content (AvgIpc) is 2.01. The molecule has 0 unspecified atom stereocenters. The third-order valence-electron chi connectivity index (χ3n) is 2.03. The van der Waals surface area contributed by atoms with E-state index < -0.39 is 15.9 Å². The van der Waals surface area contributed by atoms with Gasteiger partial charge in [-0.3, -0.25) is 0 Å². The number of amides is 1. The van der Waals surface area contributed by atoms with Crippen molar-refractivity contribution in [3.05, 3.63) is 0 Å². The van der Waals surface area contributed by atoms with E-state index in [1.165, 1.54) is 4.90 Å². The molecule has 1 fully saturated rings. The van der Waals surface area contributed by atoms with Crippen molar-refractivity contribution in [3.8, 4) is 0 Å². The van der Waals surface area contributed by atoms with Crippen molar-refractivity contribution in [2.45, 2.75) is 6.04 Å². The lowest BCUT2D eigenvalue weighted by Crippen LogP contribution is -2.54. The molecule has 7 heteroatoms. The topological polar surface area (TPSA) is 86.7 Å². The van der Waals surface area contributed by atoms with Gasteiger partial charge in [-0.25, -0.2) is 13.2 Å². The maximum absolute atomic E-state index is 11.0. The highest BCUT2D eigenvalue weighted by Gasteiger charge is 2.24. The highest BCUT2D eigenvalue weighted by molar-refractivity contribution is 7.90. The standard InChI is InChI=1S/C7H14N2O4S/c1-14(12,13)5-6-4-9(7(10)11)3-2-8-6/h6,8H,2-5H2,1H3,(H,10,11)/t6-/m1/s1. The van der Waals surface area contributed by atoms with Gasteiger partial charge in [-0.05, 0) is 0 Å². The van der Waals surface area contributed by atoms with Crippen LogP contribution in [0.2, 0.25) is 0 Å². The van der Waals surface area contributed by atoms with E-state index in [2.05, 4.69) is 5.32 Å². The van der Waals surface area contributed by atoms with E-state index in [0.717, 1.165) is 6.26 Å². The zero-order chi connectivity index (χ0) is 10.8. The number of carboxylic acid groups (broad SMARTS) is 1. The second kappa shape index (κ2) is 4.14. The zero-order valence-corrected chi connectivity index (χ0v) is 8.75. The summed E-state index contributed by atoms with van der Waals surface area (Å²) >= 11 is 0. The molecule has 0 aromatic heterocycles. The van der Waals surface area contributed by atoms with Crippen molar-refractivity contribution >= 4 is 15.9 Å². The highest BCUT2D eigenvalue weighted by Crippen LogP contribution is 2.01. The van der Waals surface area contributed by atoms with Crippen LogP contribution in [0, 0.1) is 0 Å². The van der Waals surface area contributed by atoms with Gasteiger partial charge < -0.3 is 15.3 Å². The number of hydrogen-bond acceptors (Lipinski definition) is 4. The lowest BCUT2D eigenvalue weighted by atomic mass is 10.2. The second-order valence-corrected chi connectivity index (χ2v) is 5.66. The summed E-state index contributed by atoms with van der Waals surface area (Å²) in [4.78, 5) is 11.8. The molecule has 0 saturated carbocycles. The van der Waals surface area contributed by atoms with E-state index in [9.17, 15) is 13.2 Å². The summed E-state index contributed by atoms with van der Waals surface area (Å²) in [6.07, 6.45) is 0.152. The van der Waals surface area contributed by atoms with Crippen LogP contribution < -0.4 is 5.32 Å². The van der Waals surface area contributed by atoms with Gasteiger partial charge >= 0.3 is 6.09 Å². The molecule has 0 aliphatic carbocycles. The van der Waals surface area contributed by atoms with E-state index in [-0.39, 0.29) is 18.3 Å². The third-order valence-corrected chi connectivity index (χ3v) is 3.04. The molecule has 1 aliphatic heterocycles. The Morgan fingerprint density at radius 1 is 1.64 bits per heavy atom. The Morgan fingerprint density at radius 3 is 2.79 bits per heavy atom. The minimum Gasteiger partial charge on any atom is -0.465 e. The Hall–Kier alpha value is -0.820. The summed E-state index contributed by atoms with van der Waals surface area (Å²) < 4.78 is 21.9. The van der Waals surface area contributed by atoms with Crippen LogP contribution in [0.15, 0.2) is 0 Å². The lowest BCUT2D eigenvalue weighted by molar-refractivity contribution is 0.131. The number of piperazine rings is 1. The van der Waals surface area contributed by atoms with Gasteiger partial charge in [0, 0.05) is 31.9 Å². The van der Waals surface area contributed by atoms with Crippen molar-refractivity contribution in [1.29, 1.82) is 0 Å². The van der Waals surface area contributed by atoms with Crippen molar-refractivity contribution < 1.29 is 18.3 Å². The first-order chi connectivity index (χ1) is 6.38. The first kappa shape index (κ1) is 11.3. The fourth-order valence-electron chi connectivity index (χ4n) is 1.48. The SMILES string of the molecule is CS(=O)(=O)C[C@H]1CN(C(=O)O)CCN1. The molecule has 1 rings (SSSR count). The molecule has 0 aromatic carbocycles. The molecule has 82 valence electrons. The fraction of sp³-hybridized carbons (Fsp3) is 0.857. The lowest BCUT2D eigenvalue weighted by Gasteiger charge is -2.31. The Balaban J connectivity index is 2.52. The van der Waals surface area contributed by atoms with Crippen LogP contribution in [-0.4, -0.2) is 62.2 Å². The van der Waals surface area contributed by atoms with Crippen molar-refractivity contribution in [2.75, 3.05) is 31.6 Å². The monoisotopic (exact) mass is 222 g/mol. The number of hydrogen-bond donors (Lipinski definition) is 2. The number of carbonyl (C=O) groups is 1. The normalized spacial score (nSPS) is 23.5. The molecule has 0 aromatic rings. The smallest absolute Gasteiger partial charge is 0.407 e. The summed E-state index contributed by atoms with van der Waals surface area (Å²) in [5, 5.41) is 11.7. The molecule has 14 heavy (non-hydrogen) atoms. The number of rotatable bonds is 2. The maximum Gasteiger partial charge on any atom is 0.407 e. The van der Waals surface area contributed by atoms with Gasteiger partial charge in [0.05, 0.1) is 5.75 Å². The number of nitrogens with one attached hydrogen (secondary N) is 1. The zero-order valence-electron chi connectivity index (χ0n) is 7.93. The van der Waals surface area contributed by atoms with E-state index in [1.54, 1.807) is 0 Å². The van der Waals surface area contributed by atoms with Gasteiger partial charge in [-0.2, -0.15) is 0 Å². The van der Waals surface area contributed by atoms with Crippen LogP contribution in [-0.2, 0) is 9.84 Å². The predicted molar refractivity (Wildman–Crippen MR) is 51.1 cm³/mol. The summed E-state index contributed by atoms with van der Waals surface area (Å²) in [7, 11) is -3.05. The summed E-state index contributed by atoms with van der Waals surface area (Å²) in [5.74, 6) is -0.0171. The minimum absolute atomic E-state index is 0.0171. The number of nitrogens with zero attached hydrogens (tertiary/aromatic N) is 1. The van der Waals surface area contributed by atoms with Crippen LogP contribution >= 0.6 is 0 Å². The predicted octanol–water partition coefficient (Wildman–Crippen LogP) is -1.02. The number of sulfone groups is 1. The Labute approximate surface area is 82.8 Å². The van der Waals surface area contributed by atoms with Gasteiger partial charge in [0.2, 0.25) is 0 Å². The molecule has 0 spiro atoms.